The van der Waals surface area contributed by atoms with Crippen LogP contribution in [0.4, 0.5) is 0 Å². The number of nitrogens with zero attached hydrogens (tertiary/aromatic N) is 1. The standard InChI is InChI=1S/C23H23NO2S/c1-18-11-13-23(14-12-18)27(25,26)24-17-21-10-6-5-9-20(21)16-22(24)15-19-7-3-2-4-8-19/h2-14,22H,15-17H2,1H3. The maximum Gasteiger partial charge on any atom is 0.243 e. The average Bonchev–Trinajstić information content (AvgIpc) is 2.68. The number of benzene rings is 3. The summed E-state index contributed by atoms with van der Waals surface area (Å²) in [4.78, 5) is 0.366. The van der Waals surface area contributed by atoms with Crippen molar-refractivity contribution < 1.29 is 8.42 Å². The van der Waals surface area contributed by atoms with Crippen molar-refractivity contribution in [1.29, 1.82) is 0 Å². The predicted octanol–water partition coefficient (Wildman–Crippen LogP) is 4.35. The molecule has 1 unspecified atom stereocenters. The molecule has 1 heterocycles. The fourth-order valence-corrected chi connectivity index (χ4v) is 5.35. The maximum absolute atomic E-state index is 13.4. The average molecular weight is 378 g/mol. The molecule has 1 atom stereocenters. The van der Waals surface area contributed by atoms with E-state index in [1.165, 1.54) is 5.56 Å². The fourth-order valence-electron chi connectivity index (χ4n) is 3.75. The van der Waals surface area contributed by atoms with Crippen molar-refractivity contribution in [3.63, 3.8) is 0 Å². The first-order chi connectivity index (χ1) is 13.0. The largest absolute Gasteiger partial charge is 0.243 e. The summed E-state index contributed by atoms with van der Waals surface area (Å²) in [6.07, 6.45) is 1.44. The van der Waals surface area contributed by atoms with Gasteiger partial charge in [0.15, 0.2) is 0 Å². The minimum atomic E-state index is -3.56. The molecule has 0 fully saturated rings. The van der Waals surface area contributed by atoms with Crippen molar-refractivity contribution in [3.8, 4) is 0 Å². The first-order valence-electron chi connectivity index (χ1n) is 9.23. The fraction of sp³-hybridized carbons (Fsp3) is 0.217. The van der Waals surface area contributed by atoms with Crippen molar-refractivity contribution in [1.82, 2.24) is 4.31 Å². The number of sulfonamides is 1. The molecule has 4 heteroatoms. The van der Waals surface area contributed by atoms with Gasteiger partial charge in [0, 0.05) is 12.6 Å². The molecule has 0 spiro atoms. The van der Waals surface area contributed by atoms with Crippen LogP contribution >= 0.6 is 0 Å². The van der Waals surface area contributed by atoms with E-state index < -0.39 is 10.0 Å². The maximum atomic E-state index is 13.4. The van der Waals surface area contributed by atoms with Crippen LogP contribution in [0.3, 0.4) is 0 Å². The molecule has 1 aliphatic heterocycles. The van der Waals surface area contributed by atoms with Crippen molar-refractivity contribution in [2.45, 2.75) is 37.2 Å². The third kappa shape index (κ3) is 3.68. The Kier molecular flexibility index (Phi) is 4.85. The minimum Gasteiger partial charge on any atom is -0.207 e. The van der Waals surface area contributed by atoms with Crippen LogP contribution in [0.1, 0.15) is 22.3 Å². The van der Waals surface area contributed by atoms with Gasteiger partial charge < -0.3 is 0 Å². The quantitative estimate of drug-likeness (QED) is 0.678. The predicted molar refractivity (Wildman–Crippen MR) is 108 cm³/mol. The molecule has 0 saturated heterocycles. The number of fused-ring (bicyclic) bond motifs is 1. The molecule has 0 N–H and O–H groups in total. The normalized spacial score (nSPS) is 17.4. The van der Waals surface area contributed by atoms with Crippen LogP contribution in [0.15, 0.2) is 83.8 Å². The smallest absolute Gasteiger partial charge is 0.207 e. The van der Waals surface area contributed by atoms with Gasteiger partial charge >= 0.3 is 0 Å². The topological polar surface area (TPSA) is 37.4 Å². The van der Waals surface area contributed by atoms with E-state index >= 15 is 0 Å². The van der Waals surface area contributed by atoms with Gasteiger partial charge in [-0.05, 0) is 48.6 Å². The van der Waals surface area contributed by atoms with E-state index in [2.05, 4.69) is 18.2 Å². The Labute approximate surface area is 161 Å². The summed E-state index contributed by atoms with van der Waals surface area (Å²) in [7, 11) is -3.56. The van der Waals surface area contributed by atoms with E-state index in [1.807, 2.05) is 55.5 Å². The highest BCUT2D eigenvalue weighted by Crippen LogP contribution is 2.30. The van der Waals surface area contributed by atoms with E-state index in [0.717, 1.165) is 23.1 Å². The lowest BCUT2D eigenvalue weighted by atomic mass is 9.92. The van der Waals surface area contributed by atoms with Gasteiger partial charge in [-0.15, -0.1) is 0 Å². The zero-order valence-corrected chi connectivity index (χ0v) is 16.2. The lowest BCUT2D eigenvalue weighted by Gasteiger charge is -2.36. The molecular formula is C23H23NO2S. The van der Waals surface area contributed by atoms with Gasteiger partial charge in [0.25, 0.3) is 0 Å². The van der Waals surface area contributed by atoms with E-state index in [9.17, 15) is 8.42 Å². The van der Waals surface area contributed by atoms with Gasteiger partial charge in [0.1, 0.15) is 0 Å². The first kappa shape index (κ1) is 18.0. The monoisotopic (exact) mass is 377 g/mol. The molecule has 0 aromatic heterocycles. The zero-order chi connectivity index (χ0) is 18.9. The Bertz CT molecular complexity index is 1030. The van der Waals surface area contributed by atoms with Crippen molar-refractivity contribution in [2.24, 2.45) is 0 Å². The SMILES string of the molecule is Cc1ccc(S(=O)(=O)N2Cc3ccccc3CC2Cc2ccccc2)cc1. The molecule has 4 rings (SSSR count). The van der Waals surface area contributed by atoms with Gasteiger partial charge in [0.2, 0.25) is 10.0 Å². The summed E-state index contributed by atoms with van der Waals surface area (Å²) in [5.74, 6) is 0. The van der Waals surface area contributed by atoms with Gasteiger partial charge in [0.05, 0.1) is 4.90 Å². The summed E-state index contributed by atoms with van der Waals surface area (Å²) in [5, 5.41) is 0. The molecular weight excluding hydrogens is 354 g/mol. The number of rotatable bonds is 4. The highest BCUT2D eigenvalue weighted by Gasteiger charge is 2.35. The highest BCUT2D eigenvalue weighted by atomic mass is 32.2. The molecule has 1 aliphatic rings. The molecule has 3 aromatic carbocycles. The van der Waals surface area contributed by atoms with Crippen molar-refractivity contribution >= 4 is 10.0 Å². The summed E-state index contributed by atoms with van der Waals surface area (Å²) in [6, 6.07) is 25.3. The molecule has 27 heavy (non-hydrogen) atoms. The van der Waals surface area contributed by atoms with Gasteiger partial charge in [-0.2, -0.15) is 4.31 Å². The Morgan fingerprint density at radius 2 is 1.48 bits per heavy atom. The lowest BCUT2D eigenvalue weighted by Crippen LogP contribution is -2.45. The molecule has 0 bridgehead atoms. The molecule has 138 valence electrons. The molecule has 3 aromatic rings. The lowest BCUT2D eigenvalue weighted by molar-refractivity contribution is 0.289. The molecule has 3 nitrogen and oxygen atoms in total. The Balaban J connectivity index is 1.73. The zero-order valence-electron chi connectivity index (χ0n) is 15.4. The molecule has 0 aliphatic carbocycles. The van der Waals surface area contributed by atoms with Gasteiger partial charge in [-0.3, -0.25) is 0 Å². The van der Waals surface area contributed by atoms with Crippen LogP contribution in [0.5, 0.6) is 0 Å². The molecule has 0 saturated carbocycles. The van der Waals surface area contributed by atoms with Crippen LogP contribution in [-0.4, -0.2) is 18.8 Å². The van der Waals surface area contributed by atoms with Gasteiger partial charge in [-0.25, -0.2) is 8.42 Å². The second kappa shape index (κ2) is 7.29. The second-order valence-corrected chi connectivity index (χ2v) is 9.07. The summed E-state index contributed by atoms with van der Waals surface area (Å²) in [5.41, 5.74) is 4.55. The van der Waals surface area contributed by atoms with Gasteiger partial charge in [-0.1, -0.05) is 72.3 Å². The summed E-state index contributed by atoms with van der Waals surface area (Å²) < 4.78 is 28.6. The van der Waals surface area contributed by atoms with Crippen LogP contribution in [0.2, 0.25) is 0 Å². The second-order valence-electron chi connectivity index (χ2n) is 7.18. The Hall–Kier alpha value is -2.43. The van der Waals surface area contributed by atoms with Crippen LogP contribution < -0.4 is 0 Å². The van der Waals surface area contributed by atoms with E-state index in [1.54, 1.807) is 16.4 Å². The Morgan fingerprint density at radius 3 is 2.19 bits per heavy atom. The summed E-state index contributed by atoms with van der Waals surface area (Å²) >= 11 is 0. The van der Waals surface area contributed by atoms with E-state index in [0.29, 0.717) is 17.9 Å². The van der Waals surface area contributed by atoms with Crippen LogP contribution in [0.25, 0.3) is 0 Å². The van der Waals surface area contributed by atoms with Crippen molar-refractivity contribution in [2.75, 3.05) is 0 Å². The summed E-state index contributed by atoms with van der Waals surface area (Å²) in [6.45, 7) is 2.38. The first-order valence-corrected chi connectivity index (χ1v) is 10.7. The third-order valence-electron chi connectivity index (χ3n) is 5.25. The van der Waals surface area contributed by atoms with E-state index in [-0.39, 0.29) is 6.04 Å². The molecule has 0 radical (unpaired) electrons. The highest BCUT2D eigenvalue weighted by molar-refractivity contribution is 7.89. The van der Waals surface area contributed by atoms with Crippen LogP contribution in [0, 0.1) is 6.92 Å². The number of hydrogen-bond acceptors (Lipinski definition) is 2. The number of aryl methyl sites for hydroxylation is 1. The Morgan fingerprint density at radius 1 is 0.852 bits per heavy atom. The minimum absolute atomic E-state index is 0.0893. The van der Waals surface area contributed by atoms with Crippen molar-refractivity contribution in [3.05, 3.63) is 101 Å². The van der Waals surface area contributed by atoms with Crippen LogP contribution in [-0.2, 0) is 29.4 Å². The van der Waals surface area contributed by atoms with E-state index in [4.69, 9.17) is 0 Å². The molecule has 0 amide bonds. The number of hydrogen-bond donors (Lipinski definition) is 0. The third-order valence-corrected chi connectivity index (χ3v) is 7.16.